The van der Waals surface area contributed by atoms with E-state index in [-0.39, 0.29) is 6.03 Å². The highest BCUT2D eigenvalue weighted by atomic mass is 16.5. The van der Waals surface area contributed by atoms with Gasteiger partial charge in [0.1, 0.15) is 11.6 Å². The molecular formula is C23H28N6O2. The Labute approximate surface area is 182 Å². The first-order valence-electron chi connectivity index (χ1n) is 10.2. The zero-order valence-electron chi connectivity index (χ0n) is 18.0. The van der Waals surface area contributed by atoms with Crippen LogP contribution in [0.25, 0.3) is 0 Å². The summed E-state index contributed by atoms with van der Waals surface area (Å²) in [6.45, 7) is 4.92. The van der Waals surface area contributed by atoms with Gasteiger partial charge in [-0.15, -0.1) is 0 Å². The van der Waals surface area contributed by atoms with Crippen molar-refractivity contribution in [2.75, 3.05) is 36.1 Å². The van der Waals surface area contributed by atoms with Crippen molar-refractivity contribution in [3.8, 4) is 5.75 Å². The number of rotatable bonds is 9. The molecule has 0 aliphatic carbocycles. The first-order valence-corrected chi connectivity index (χ1v) is 10.2. The minimum atomic E-state index is -0.252. The molecule has 0 aliphatic rings. The lowest BCUT2D eigenvalue weighted by atomic mass is 10.1. The Balaban J connectivity index is 1.46. The number of benzene rings is 2. The van der Waals surface area contributed by atoms with Crippen LogP contribution in [0.3, 0.4) is 0 Å². The number of aromatic nitrogens is 2. The molecule has 2 aromatic carbocycles. The average Bonchev–Trinajstić information content (AvgIpc) is 2.77. The highest BCUT2D eigenvalue weighted by Crippen LogP contribution is 2.20. The van der Waals surface area contributed by atoms with Crippen molar-refractivity contribution in [2.45, 2.75) is 20.3 Å². The van der Waals surface area contributed by atoms with Crippen LogP contribution in [0.2, 0.25) is 0 Å². The molecule has 0 unspecified atom stereocenters. The number of anilines is 4. The number of aryl methyl sites for hydroxylation is 2. The number of carbonyl (C=O) groups is 1. The first-order chi connectivity index (χ1) is 15.1. The van der Waals surface area contributed by atoms with Crippen molar-refractivity contribution in [3.05, 3.63) is 65.9 Å². The van der Waals surface area contributed by atoms with E-state index in [2.05, 4.69) is 38.2 Å². The van der Waals surface area contributed by atoms with Gasteiger partial charge in [0.05, 0.1) is 7.11 Å². The molecule has 0 bridgehead atoms. The van der Waals surface area contributed by atoms with Gasteiger partial charge in [-0.05, 0) is 55.3 Å². The second kappa shape index (κ2) is 10.8. The SMILES string of the molecule is CCc1ccc(NC(=O)NCCNc2nc(C)cc(Nc3ccc(OC)cc3)n2)cc1. The van der Waals surface area contributed by atoms with Crippen molar-refractivity contribution in [2.24, 2.45) is 0 Å². The molecule has 8 nitrogen and oxygen atoms in total. The zero-order chi connectivity index (χ0) is 22.1. The van der Waals surface area contributed by atoms with Crippen LogP contribution < -0.4 is 26.0 Å². The molecule has 3 rings (SSSR count). The number of methoxy groups -OCH3 is 1. The number of amides is 2. The van der Waals surface area contributed by atoms with Crippen molar-refractivity contribution < 1.29 is 9.53 Å². The fourth-order valence-corrected chi connectivity index (χ4v) is 2.88. The molecule has 0 saturated heterocycles. The standard InChI is InChI=1S/C23H28N6O2/c1-4-17-5-7-19(8-6-17)28-23(30)25-14-13-24-22-26-16(2)15-21(29-22)27-18-9-11-20(31-3)12-10-18/h5-12,15H,4,13-14H2,1-3H3,(H2,25,28,30)(H2,24,26,27,29). The van der Waals surface area contributed by atoms with Crippen molar-refractivity contribution in [1.82, 2.24) is 15.3 Å². The van der Waals surface area contributed by atoms with Crippen LogP contribution in [0.5, 0.6) is 5.75 Å². The minimum Gasteiger partial charge on any atom is -0.497 e. The number of carbonyl (C=O) groups excluding carboxylic acids is 1. The number of urea groups is 1. The largest absolute Gasteiger partial charge is 0.497 e. The Morgan fingerprint density at radius 1 is 0.968 bits per heavy atom. The average molecular weight is 421 g/mol. The van der Waals surface area contributed by atoms with Crippen LogP contribution in [0.4, 0.5) is 27.9 Å². The minimum absolute atomic E-state index is 0.252. The van der Waals surface area contributed by atoms with E-state index in [1.54, 1.807) is 7.11 Å². The van der Waals surface area contributed by atoms with E-state index in [4.69, 9.17) is 4.74 Å². The lowest BCUT2D eigenvalue weighted by molar-refractivity contribution is 0.252. The van der Waals surface area contributed by atoms with Gasteiger partial charge in [0, 0.05) is 36.2 Å². The summed E-state index contributed by atoms with van der Waals surface area (Å²) in [5, 5.41) is 12.0. The van der Waals surface area contributed by atoms with E-state index >= 15 is 0 Å². The third kappa shape index (κ3) is 6.88. The van der Waals surface area contributed by atoms with Crippen LogP contribution in [-0.4, -0.2) is 36.2 Å². The quantitative estimate of drug-likeness (QED) is 0.385. The van der Waals surface area contributed by atoms with Crippen molar-refractivity contribution >= 4 is 29.2 Å². The monoisotopic (exact) mass is 420 g/mol. The molecule has 0 fully saturated rings. The molecule has 4 N–H and O–H groups in total. The third-order valence-electron chi connectivity index (χ3n) is 4.53. The van der Waals surface area contributed by atoms with E-state index < -0.39 is 0 Å². The number of nitrogens with zero attached hydrogens (tertiary/aromatic N) is 2. The topological polar surface area (TPSA) is 100 Å². The molecule has 31 heavy (non-hydrogen) atoms. The second-order valence-electron chi connectivity index (χ2n) is 6.93. The maximum atomic E-state index is 12.0. The van der Waals surface area contributed by atoms with Gasteiger partial charge in [-0.25, -0.2) is 9.78 Å². The molecular weight excluding hydrogens is 392 g/mol. The fourth-order valence-electron chi connectivity index (χ4n) is 2.88. The smallest absolute Gasteiger partial charge is 0.319 e. The molecule has 162 valence electrons. The van der Waals surface area contributed by atoms with Crippen LogP contribution in [0.1, 0.15) is 18.2 Å². The molecule has 0 atom stereocenters. The summed E-state index contributed by atoms with van der Waals surface area (Å²) in [7, 11) is 1.64. The number of hydrogen-bond acceptors (Lipinski definition) is 6. The summed E-state index contributed by atoms with van der Waals surface area (Å²) in [5.74, 6) is 1.97. The molecule has 0 aliphatic heterocycles. The van der Waals surface area contributed by atoms with Gasteiger partial charge < -0.3 is 26.0 Å². The second-order valence-corrected chi connectivity index (χ2v) is 6.93. The predicted octanol–water partition coefficient (Wildman–Crippen LogP) is 4.33. The number of nitrogens with one attached hydrogen (secondary N) is 4. The Morgan fingerprint density at radius 2 is 1.68 bits per heavy atom. The molecule has 3 aromatic rings. The van der Waals surface area contributed by atoms with Crippen molar-refractivity contribution in [3.63, 3.8) is 0 Å². The van der Waals surface area contributed by atoms with Gasteiger partial charge in [-0.1, -0.05) is 19.1 Å². The first kappa shape index (κ1) is 21.9. The van der Waals surface area contributed by atoms with E-state index in [1.165, 1.54) is 5.56 Å². The number of hydrogen-bond donors (Lipinski definition) is 4. The molecule has 0 saturated carbocycles. The molecule has 0 radical (unpaired) electrons. The lowest BCUT2D eigenvalue weighted by Gasteiger charge is -2.11. The van der Waals surface area contributed by atoms with Gasteiger partial charge in [0.15, 0.2) is 0 Å². The Hall–Kier alpha value is -3.81. The van der Waals surface area contributed by atoms with Crippen molar-refractivity contribution in [1.29, 1.82) is 0 Å². The molecule has 1 aromatic heterocycles. The van der Waals surface area contributed by atoms with E-state index in [0.717, 1.165) is 29.2 Å². The molecule has 1 heterocycles. The maximum absolute atomic E-state index is 12.0. The van der Waals surface area contributed by atoms with Gasteiger partial charge in [0.2, 0.25) is 5.95 Å². The lowest BCUT2D eigenvalue weighted by Crippen LogP contribution is -2.32. The van der Waals surface area contributed by atoms with Gasteiger partial charge >= 0.3 is 6.03 Å². The van der Waals surface area contributed by atoms with Gasteiger partial charge in [-0.3, -0.25) is 0 Å². The van der Waals surface area contributed by atoms with E-state index in [1.807, 2.05) is 61.5 Å². The van der Waals surface area contributed by atoms with E-state index in [0.29, 0.717) is 24.9 Å². The van der Waals surface area contributed by atoms with Crippen LogP contribution in [0, 0.1) is 6.92 Å². The predicted molar refractivity (Wildman–Crippen MR) is 124 cm³/mol. The Morgan fingerprint density at radius 3 is 2.35 bits per heavy atom. The highest BCUT2D eigenvalue weighted by Gasteiger charge is 2.05. The molecule has 0 spiro atoms. The zero-order valence-corrected chi connectivity index (χ0v) is 18.0. The third-order valence-corrected chi connectivity index (χ3v) is 4.53. The summed E-state index contributed by atoms with van der Waals surface area (Å²) in [6.07, 6.45) is 0.969. The normalized spacial score (nSPS) is 10.3. The number of ether oxygens (including phenoxy) is 1. The highest BCUT2D eigenvalue weighted by molar-refractivity contribution is 5.89. The van der Waals surface area contributed by atoms with Gasteiger partial charge in [0.25, 0.3) is 0 Å². The van der Waals surface area contributed by atoms with Crippen LogP contribution in [-0.2, 0) is 6.42 Å². The summed E-state index contributed by atoms with van der Waals surface area (Å²) >= 11 is 0. The summed E-state index contributed by atoms with van der Waals surface area (Å²) < 4.78 is 5.17. The molecule has 8 heteroatoms. The van der Waals surface area contributed by atoms with E-state index in [9.17, 15) is 4.79 Å². The molecule has 2 amide bonds. The maximum Gasteiger partial charge on any atom is 0.319 e. The Bertz CT molecular complexity index is 990. The van der Waals surface area contributed by atoms with Gasteiger partial charge in [-0.2, -0.15) is 4.98 Å². The van der Waals surface area contributed by atoms with Crippen LogP contribution in [0.15, 0.2) is 54.6 Å². The Kier molecular flexibility index (Phi) is 7.64. The van der Waals surface area contributed by atoms with Crippen LogP contribution >= 0.6 is 0 Å². The summed E-state index contributed by atoms with van der Waals surface area (Å²) in [4.78, 5) is 20.9. The summed E-state index contributed by atoms with van der Waals surface area (Å²) in [6, 6.07) is 17.0. The summed E-state index contributed by atoms with van der Waals surface area (Å²) in [5.41, 5.74) is 3.72. The fraction of sp³-hybridized carbons (Fsp3) is 0.261.